The molecule has 0 spiro atoms. The van der Waals surface area contributed by atoms with Gasteiger partial charge in [-0.25, -0.2) is 0 Å². The van der Waals surface area contributed by atoms with Crippen molar-refractivity contribution in [2.45, 2.75) is 92.3 Å². The Labute approximate surface area is 181 Å². The van der Waals surface area contributed by atoms with E-state index in [1.807, 2.05) is 0 Å². The fourth-order valence-electron chi connectivity index (χ4n) is 3.26. The summed E-state index contributed by atoms with van der Waals surface area (Å²) in [6, 6.07) is 0. The van der Waals surface area contributed by atoms with Gasteiger partial charge in [-0.3, -0.25) is 0 Å². The van der Waals surface area contributed by atoms with E-state index < -0.39 is 0 Å². The van der Waals surface area contributed by atoms with Crippen LogP contribution in [-0.4, -0.2) is 59.1 Å². The summed E-state index contributed by atoms with van der Waals surface area (Å²) in [5.74, 6) is 1.10. The molecule has 5 nitrogen and oxygen atoms in total. The molecule has 0 bridgehead atoms. The Hall–Kier alpha value is -0.200. The van der Waals surface area contributed by atoms with Crippen molar-refractivity contribution in [3.8, 4) is 0 Å². The lowest BCUT2D eigenvalue weighted by Crippen LogP contribution is -2.30. The van der Waals surface area contributed by atoms with Crippen LogP contribution in [0.3, 0.4) is 0 Å². The molecule has 0 aliphatic carbocycles. The molecule has 5 heteroatoms. The Morgan fingerprint density at radius 2 is 1.14 bits per heavy atom. The molecule has 0 saturated carbocycles. The summed E-state index contributed by atoms with van der Waals surface area (Å²) in [6.07, 6.45) is 9.33. The summed E-state index contributed by atoms with van der Waals surface area (Å²) in [4.78, 5) is 0. The molecule has 0 aliphatic rings. The van der Waals surface area contributed by atoms with Gasteiger partial charge in [-0.1, -0.05) is 66.7 Å². The van der Waals surface area contributed by atoms with E-state index in [2.05, 4.69) is 34.6 Å². The van der Waals surface area contributed by atoms with E-state index in [9.17, 15) is 0 Å². The molecule has 0 heterocycles. The van der Waals surface area contributed by atoms with Gasteiger partial charge < -0.3 is 23.7 Å². The predicted octanol–water partition coefficient (Wildman–Crippen LogP) is 5.85. The normalized spacial score (nSPS) is 14.8. The summed E-state index contributed by atoms with van der Waals surface area (Å²) in [5.41, 5.74) is 0. The molecule has 0 fully saturated rings. The van der Waals surface area contributed by atoms with Crippen molar-refractivity contribution in [3.05, 3.63) is 0 Å². The first kappa shape index (κ1) is 28.8. The Bertz CT molecular complexity index is 314. The first-order chi connectivity index (χ1) is 14.2. The van der Waals surface area contributed by atoms with E-state index in [1.165, 1.54) is 25.7 Å². The molecule has 29 heavy (non-hydrogen) atoms. The number of unbranched alkanes of at least 4 members (excludes halogenated alkanes) is 2. The van der Waals surface area contributed by atoms with Crippen molar-refractivity contribution in [2.24, 2.45) is 11.8 Å². The summed E-state index contributed by atoms with van der Waals surface area (Å²) in [5, 5.41) is 0. The van der Waals surface area contributed by atoms with Crippen molar-refractivity contribution in [3.63, 3.8) is 0 Å². The van der Waals surface area contributed by atoms with Gasteiger partial charge in [-0.15, -0.1) is 0 Å². The molecule has 0 aromatic carbocycles. The average molecular weight is 419 g/mol. The van der Waals surface area contributed by atoms with Gasteiger partial charge in [0.05, 0.1) is 39.6 Å². The molecule has 0 aromatic rings. The average Bonchev–Trinajstić information content (AvgIpc) is 2.73. The molecule has 0 saturated heterocycles. The van der Waals surface area contributed by atoms with Crippen LogP contribution in [0, 0.1) is 11.8 Å². The fraction of sp³-hybridized carbons (Fsp3) is 1.00. The molecule has 0 aliphatic heterocycles. The van der Waals surface area contributed by atoms with E-state index >= 15 is 0 Å². The van der Waals surface area contributed by atoms with Gasteiger partial charge in [0.1, 0.15) is 0 Å². The van der Waals surface area contributed by atoms with Crippen LogP contribution in [0.15, 0.2) is 0 Å². The van der Waals surface area contributed by atoms with Gasteiger partial charge in [0.25, 0.3) is 0 Å². The zero-order valence-corrected chi connectivity index (χ0v) is 20.1. The molecule has 0 aromatic heterocycles. The first-order valence-electron chi connectivity index (χ1n) is 12.2. The lowest BCUT2D eigenvalue weighted by Gasteiger charge is -2.27. The van der Waals surface area contributed by atoms with Crippen LogP contribution in [0.25, 0.3) is 0 Å². The second-order valence-electron chi connectivity index (χ2n) is 7.93. The molecule has 3 unspecified atom stereocenters. The standard InChI is InChI=1S/C24H50O5/c1-6-10-12-23(9-4)21-22(5)24(28-19-17-25-13-8-3)29-20-18-27-16-15-26-14-11-7-2/h22-24H,6-21H2,1-5H3. The van der Waals surface area contributed by atoms with Gasteiger partial charge in [0.15, 0.2) is 6.29 Å². The SMILES string of the molecule is CCCCOCCOCCOC(OCCOCCC)C(C)CC(CC)CCCC. The maximum Gasteiger partial charge on any atom is 0.160 e. The second-order valence-corrected chi connectivity index (χ2v) is 7.93. The molecule has 0 radical (unpaired) electrons. The van der Waals surface area contributed by atoms with Gasteiger partial charge >= 0.3 is 0 Å². The first-order valence-corrected chi connectivity index (χ1v) is 12.2. The van der Waals surface area contributed by atoms with Crippen LogP contribution in [-0.2, 0) is 23.7 Å². The quantitative estimate of drug-likeness (QED) is 0.154. The van der Waals surface area contributed by atoms with Crippen LogP contribution < -0.4 is 0 Å². The maximum atomic E-state index is 6.06. The lowest BCUT2D eigenvalue weighted by molar-refractivity contribution is -0.185. The molecule has 3 atom stereocenters. The topological polar surface area (TPSA) is 46.2 Å². The minimum atomic E-state index is -0.194. The van der Waals surface area contributed by atoms with Crippen molar-refractivity contribution in [1.29, 1.82) is 0 Å². The predicted molar refractivity (Wildman–Crippen MR) is 120 cm³/mol. The highest BCUT2D eigenvalue weighted by Crippen LogP contribution is 2.25. The minimum absolute atomic E-state index is 0.194. The smallest absolute Gasteiger partial charge is 0.160 e. The Kier molecular flexibility index (Phi) is 22.3. The summed E-state index contributed by atoms with van der Waals surface area (Å²) < 4.78 is 28.8. The van der Waals surface area contributed by atoms with Crippen LogP contribution >= 0.6 is 0 Å². The van der Waals surface area contributed by atoms with Crippen molar-refractivity contribution in [2.75, 3.05) is 52.9 Å². The monoisotopic (exact) mass is 418 g/mol. The summed E-state index contributed by atoms with van der Waals surface area (Å²) in [7, 11) is 0. The molecule has 176 valence electrons. The van der Waals surface area contributed by atoms with Crippen molar-refractivity contribution >= 4 is 0 Å². The fourth-order valence-corrected chi connectivity index (χ4v) is 3.26. The van der Waals surface area contributed by atoms with E-state index in [0.717, 1.165) is 44.8 Å². The second kappa shape index (κ2) is 22.5. The third-order valence-corrected chi connectivity index (χ3v) is 5.10. The van der Waals surface area contributed by atoms with E-state index in [1.54, 1.807) is 0 Å². The Morgan fingerprint density at radius 1 is 0.586 bits per heavy atom. The van der Waals surface area contributed by atoms with E-state index in [-0.39, 0.29) is 6.29 Å². The minimum Gasteiger partial charge on any atom is -0.379 e. The highest BCUT2D eigenvalue weighted by Gasteiger charge is 2.22. The highest BCUT2D eigenvalue weighted by atomic mass is 16.7. The Morgan fingerprint density at radius 3 is 1.69 bits per heavy atom. The van der Waals surface area contributed by atoms with Crippen LogP contribution in [0.2, 0.25) is 0 Å². The third kappa shape index (κ3) is 18.3. The van der Waals surface area contributed by atoms with Gasteiger partial charge in [-0.2, -0.15) is 0 Å². The van der Waals surface area contributed by atoms with Gasteiger partial charge in [0, 0.05) is 19.1 Å². The number of hydrogen-bond acceptors (Lipinski definition) is 5. The molecule has 0 amide bonds. The van der Waals surface area contributed by atoms with Gasteiger partial charge in [-0.05, 0) is 25.2 Å². The Balaban J connectivity index is 4.20. The van der Waals surface area contributed by atoms with E-state index in [0.29, 0.717) is 45.6 Å². The third-order valence-electron chi connectivity index (χ3n) is 5.10. The largest absolute Gasteiger partial charge is 0.379 e. The van der Waals surface area contributed by atoms with Crippen molar-refractivity contribution < 1.29 is 23.7 Å². The molecule has 0 N–H and O–H groups in total. The lowest BCUT2D eigenvalue weighted by atomic mass is 9.89. The summed E-state index contributed by atoms with van der Waals surface area (Å²) in [6.45, 7) is 16.3. The van der Waals surface area contributed by atoms with Gasteiger partial charge in [0.2, 0.25) is 0 Å². The summed E-state index contributed by atoms with van der Waals surface area (Å²) >= 11 is 0. The molecular weight excluding hydrogens is 368 g/mol. The molecular formula is C24H50O5. The van der Waals surface area contributed by atoms with E-state index in [4.69, 9.17) is 23.7 Å². The maximum absolute atomic E-state index is 6.06. The number of rotatable bonds is 23. The number of ether oxygens (including phenoxy) is 5. The van der Waals surface area contributed by atoms with Crippen LogP contribution in [0.4, 0.5) is 0 Å². The number of hydrogen-bond donors (Lipinski definition) is 0. The highest BCUT2D eigenvalue weighted by molar-refractivity contribution is 4.66. The zero-order chi connectivity index (χ0) is 21.6. The van der Waals surface area contributed by atoms with Crippen LogP contribution in [0.1, 0.15) is 86.0 Å². The van der Waals surface area contributed by atoms with Crippen LogP contribution in [0.5, 0.6) is 0 Å². The molecule has 0 rings (SSSR count). The zero-order valence-electron chi connectivity index (χ0n) is 20.1. The van der Waals surface area contributed by atoms with Crippen molar-refractivity contribution in [1.82, 2.24) is 0 Å².